The minimum Gasteiger partial charge on any atom is -0.481 e. The van der Waals surface area contributed by atoms with Crippen LogP contribution in [-0.2, 0) is 19.7 Å². The monoisotopic (exact) mass is 243 g/mol. The average Bonchev–Trinajstić information content (AvgIpc) is 1.98. The molecule has 0 bridgehead atoms. The molecule has 15 heavy (non-hydrogen) atoms. The summed E-state index contributed by atoms with van der Waals surface area (Å²) in [6, 6.07) is 0. The van der Waals surface area contributed by atoms with Crippen molar-refractivity contribution in [1.29, 1.82) is 0 Å². The highest BCUT2D eigenvalue weighted by Crippen LogP contribution is 2.04. The van der Waals surface area contributed by atoms with Crippen LogP contribution < -0.4 is 5.73 Å². The first-order valence-electron chi connectivity index (χ1n) is 3.77. The molecule has 0 aliphatic rings. The van der Waals surface area contributed by atoms with Gasteiger partial charge in [-0.15, -0.1) is 0 Å². The second-order valence-corrected chi connectivity index (χ2v) is 3.95. The average molecular weight is 243 g/mol. The fourth-order valence-electron chi connectivity index (χ4n) is 0.479. The minimum atomic E-state index is -4.84. The van der Waals surface area contributed by atoms with Crippen LogP contribution in [0.3, 0.4) is 0 Å². The predicted octanol–water partition coefficient (Wildman–Crippen LogP) is -1.23. The van der Waals surface area contributed by atoms with E-state index in [1.807, 2.05) is 6.92 Å². The van der Waals surface area contributed by atoms with Gasteiger partial charge in [-0.2, -0.15) is 8.42 Å². The zero-order valence-corrected chi connectivity index (χ0v) is 8.77. The smallest absolute Gasteiger partial charge is 0.325 e. The summed E-state index contributed by atoms with van der Waals surface area (Å²) in [5, 5.41) is 13.9. The number of nitrogens with two attached hydrogens (primary N) is 1. The quantitative estimate of drug-likeness (QED) is 0.447. The first-order valence-corrected chi connectivity index (χ1v) is 5.28. The highest BCUT2D eigenvalue weighted by molar-refractivity contribution is 7.87. The molecule has 0 amide bonds. The summed E-state index contributed by atoms with van der Waals surface area (Å²) in [5.41, 5.74) is 4.85. The molecule has 0 saturated heterocycles. The third-order valence-electron chi connectivity index (χ3n) is 0.995. The molecule has 0 aromatic carbocycles. The maximum atomic E-state index is 10.2. The highest BCUT2D eigenvalue weighted by atomic mass is 32.2. The van der Waals surface area contributed by atoms with E-state index in [9.17, 15) is 18.0 Å². The van der Waals surface area contributed by atoms with Crippen molar-refractivity contribution in [1.82, 2.24) is 0 Å². The van der Waals surface area contributed by atoms with E-state index in [2.05, 4.69) is 0 Å². The molecule has 0 spiro atoms. The molecule has 0 radical (unpaired) electrons. The van der Waals surface area contributed by atoms with Gasteiger partial charge in [0.15, 0.2) is 5.25 Å². The summed E-state index contributed by atoms with van der Waals surface area (Å²) in [5.74, 6) is -3.50. The van der Waals surface area contributed by atoms with Crippen LogP contribution in [0.4, 0.5) is 0 Å². The van der Waals surface area contributed by atoms with Crippen LogP contribution >= 0.6 is 0 Å². The maximum Gasteiger partial charge on any atom is 0.325 e. The first kappa shape index (κ1) is 16.2. The van der Waals surface area contributed by atoms with Gasteiger partial charge in [-0.05, 0) is 6.54 Å². The van der Waals surface area contributed by atoms with Crippen LogP contribution in [0.5, 0.6) is 0 Å². The van der Waals surface area contributed by atoms with E-state index in [1.165, 1.54) is 0 Å². The lowest BCUT2D eigenvalue weighted by molar-refractivity contribution is -0.143. The van der Waals surface area contributed by atoms with E-state index in [-0.39, 0.29) is 0 Å². The molecule has 8 nitrogen and oxygen atoms in total. The first-order chi connectivity index (χ1) is 6.66. The van der Waals surface area contributed by atoms with Crippen molar-refractivity contribution in [3.05, 3.63) is 0 Å². The van der Waals surface area contributed by atoms with Crippen LogP contribution in [0.25, 0.3) is 0 Å². The molecule has 0 aromatic rings. The van der Waals surface area contributed by atoms with Gasteiger partial charge in [0, 0.05) is 0 Å². The zero-order chi connectivity index (χ0) is 12.6. The van der Waals surface area contributed by atoms with E-state index in [0.717, 1.165) is 6.54 Å². The van der Waals surface area contributed by atoms with Crippen molar-refractivity contribution in [3.8, 4) is 0 Å². The van der Waals surface area contributed by atoms with Crippen molar-refractivity contribution in [2.45, 2.75) is 18.6 Å². The van der Waals surface area contributed by atoms with Crippen LogP contribution in [0.15, 0.2) is 0 Å². The second kappa shape index (κ2) is 7.15. The Bertz CT molecular complexity index is 309. The number of aliphatic carboxylic acids is 2. The van der Waals surface area contributed by atoms with Gasteiger partial charge in [-0.25, -0.2) is 0 Å². The number of rotatable bonds is 4. The number of carboxylic acid groups (broad SMARTS) is 2. The summed E-state index contributed by atoms with van der Waals surface area (Å²) >= 11 is 0. The molecule has 5 N–H and O–H groups in total. The van der Waals surface area contributed by atoms with E-state index >= 15 is 0 Å². The van der Waals surface area contributed by atoms with Crippen molar-refractivity contribution in [2.75, 3.05) is 6.54 Å². The number of carboxylic acids is 2. The molecule has 0 fully saturated rings. The van der Waals surface area contributed by atoms with E-state index < -0.39 is 33.7 Å². The maximum absolute atomic E-state index is 10.2. The van der Waals surface area contributed by atoms with Crippen molar-refractivity contribution >= 4 is 22.1 Å². The third kappa shape index (κ3) is 9.12. The van der Waals surface area contributed by atoms with Crippen molar-refractivity contribution in [2.24, 2.45) is 5.73 Å². The molecule has 0 aromatic heterocycles. The molecular weight excluding hydrogens is 230 g/mol. The Morgan fingerprint density at radius 3 is 1.73 bits per heavy atom. The molecule has 0 aliphatic carbocycles. The molecule has 90 valence electrons. The fourth-order valence-corrected chi connectivity index (χ4v) is 1.09. The van der Waals surface area contributed by atoms with E-state index in [1.54, 1.807) is 0 Å². The Labute approximate surface area is 86.4 Å². The molecule has 0 aliphatic heterocycles. The van der Waals surface area contributed by atoms with Gasteiger partial charge in [0.25, 0.3) is 10.1 Å². The Kier molecular flexibility index (Phi) is 7.74. The second-order valence-electron chi connectivity index (χ2n) is 2.35. The van der Waals surface area contributed by atoms with Gasteiger partial charge in [0.05, 0.1) is 6.42 Å². The normalized spacial score (nSPS) is 12.2. The SMILES string of the molecule is CCN.O=C(O)CC(C(=O)O)S(=O)(=O)O. The molecule has 1 atom stereocenters. The largest absolute Gasteiger partial charge is 0.481 e. The minimum absolute atomic E-state index is 0.750. The molecule has 1 unspecified atom stereocenters. The van der Waals surface area contributed by atoms with Crippen LogP contribution in [-0.4, -0.2) is 46.9 Å². The molecule has 9 heteroatoms. The van der Waals surface area contributed by atoms with Gasteiger partial charge in [0.2, 0.25) is 0 Å². The molecular formula is C6H13NO7S. The van der Waals surface area contributed by atoms with E-state index in [0.29, 0.717) is 0 Å². The van der Waals surface area contributed by atoms with Gasteiger partial charge >= 0.3 is 11.9 Å². The van der Waals surface area contributed by atoms with Gasteiger partial charge in [0.1, 0.15) is 0 Å². The van der Waals surface area contributed by atoms with Crippen LogP contribution in [0, 0.1) is 0 Å². The van der Waals surface area contributed by atoms with Gasteiger partial charge in [-0.1, -0.05) is 6.92 Å². The Balaban J connectivity index is 0. The summed E-state index contributed by atoms with van der Waals surface area (Å²) < 4.78 is 28.7. The van der Waals surface area contributed by atoms with Crippen molar-refractivity contribution in [3.63, 3.8) is 0 Å². The lowest BCUT2D eigenvalue weighted by Crippen LogP contribution is -2.31. The Hall–Kier alpha value is -1.19. The molecule has 0 saturated carbocycles. The number of hydrogen-bond donors (Lipinski definition) is 4. The molecule has 0 heterocycles. The molecule has 0 rings (SSSR count). The summed E-state index contributed by atoms with van der Waals surface area (Å²) in [6.45, 7) is 2.65. The standard InChI is InChI=1S/C4H6O7S.C2H7N/c5-3(6)1-2(4(7)8)12(9,10)11;1-2-3/h2H,1H2,(H,5,6)(H,7,8)(H,9,10,11);2-3H2,1H3. The third-order valence-corrected chi connectivity index (χ3v) is 2.08. The van der Waals surface area contributed by atoms with Gasteiger partial charge in [-0.3, -0.25) is 14.1 Å². The summed E-state index contributed by atoms with van der Waals surface area (Å²) in [6.07, 6.45) is -1.16. The lowest BCUT2D eigenvalue weighted by Gasteiger charge is -2.04. The summed E-state index contributed by atoms with van der Waals surface area (Å²) in [4.78, 5) is 20.0. The topological polar surface area (TPSA) is 155 Å². The fraction of sp³-hybridized carbons (Fsp3) is 0.667. The van der Waals surface area contributed by atoms with Crippen molar-refractivity contribution < 1.29 is 32.8 Å². The summed E-state index contributed by atoms with van der Waals surface area (Å²) in [7, 11) is -4.84. The van der Waals surface area contributed by atoms with E-state index in [4.69, 9.17) is 20.5 Å². The predicted molar refractivity (Wildman–Crippen MR) is 50.0 cm³/mol. The number of hydrogen-bond acceptors (Lipinski definition) is 5. The zero-order valence-electron chi connectivity index (χ0n) is 7.95. The Morgan fingerprint density at radius 2 is 1.67 bits per heavy atom. The lowest BCUT2D eigenvalue weighted by atomic mass is 10.3. The van der Waals surface area contributed by atoms with Crippen LogP contribution in [0.2, 0.25) is 0 Å². The highest BCUT2D eigenvalue weighted by Gasteiger charge is 2.33. The number of carbonyl (C=O) groups is 2. The Morgan fingerprint density at radius 1 is 1.33 bits per heavy atom. The van der Waals surface area contributed by atoms with Gasteiger partial charge < -0.3 is 15.9 Å². The van der Waals surface area contributed by atoms with Crippen LogP contribution in [0.1, 0.15) is 13.3 Å².